The highest BCUT2D eigenvalue weighted by atomic mass is 35.5. The lowest BCUT2D eigenvalue weighted by Crippen LogP contribution is -2.43. The van der Waals surface area contributed by atoms with Crippen molar-refractivity contribution in [2.75, 3.05) is 31.6 Å². The number of aliphatic hydroxyl groups excluding tert-OH is 1. The van der Waals surface area contributed by atoms with Crippen LogP contribution in [0.1, 0.15) is 12.8 Å². The fourth-order valence-electron chi connectivity index (χ4n) is 3.30. The Morgan fingerprint density at radius 3 is 2.60 bits per heavy atom. The Balaban J connectivity index is 1.41. The third-order valence-electron chi connectivity index (χ3n) is 4.76. The number of carboxylic acid groups (broad SMARTS) is 1. The average molecular weight is 455 g/mol. The summed E-state index contributed by atoms with van der Waals surface area (Å²) < 4.78 is 11.6. The molecule has 1 atom stereocenters. The van der Waals surface area contributed by atoms with Gasteiger partial charge in [0.05, 0.1) is 15.7 Å². The van der Waals surface area contributed by atoms with Crippen molar-refractivity contribution in [3.63, 3.8) is 0 Å². The molecule has 0 radical (unpaired) electrons. The molecule has 1 saturated heterocycles. The number of para-hydroxylation sites is 2. The number of amides is 1. The summed E-state index contributed by atoms with van der Waals surface area (Å²) in [6.07, 6.45) is -0.118. The molecular weight excluding hydrogens is 431 g/mol. The second-order valence-electron chi connectivity index (χ2n) is 7.08. The summed E-state index contributed by atoms with van der Waals surface area (Å²) in [6.45, 7) is 2.12. The number of nitrogens with zero attached hydrogens (tertiary/aromatic N) is 1. The van der Waals surface area contributed by atoms with Gasteiger partial charge in [-0.25, -0.2) is 4.79 Å². The van der Waals surface area contributed by atoms with Gasteiger partial charge in [0.1, 0.15) is 30.3 Å². The van der Waals surface area contributed by atoms with Crippen molar-refractivity contribution in [3.05, 3.63) is 52.5 Å². The molecule has 1 aliphatic rings. The number of β-amino-alcohol motifs (C(OH)–C–C–N with tert-alkyl or cyclic N) is 1. The number of ether oxygens (including phenoxy) is 2. The first-order valence-electron chi connectivity index (χ1n) is 9.64. The number of benzene rings is 2. The Bertz CT molecular complexity index is 859. The van der Waals surface area contributed by atoms with Gasteiger partial charge < -0.3 is 24.6 Å². The summed E-state index contributed by atoms with van der Waals surface area (Å²) in [7, 11) is 0. The molecular formula is C21H24Cl2N2O5. The maximum atomic E-state index is 10.8. The number of piperidine rings is 1. The monoisotopic (exact) mass is 454 g/mol. The summed E-state index contributed by atoms with van der Waals surface area (Å²) in [5.41, 5.74) is 0.345. The fourth-order valence-corrected chi connectivity index (χ4v) is 3.59. The highest BCUT2D eigenvalue weighted by Gasteiger charge is 2.23. The molecule has 162 valence electrons. The van der Waals surface area contributed by atoms with Gasteiger partial charge in [-0.3, -0.25) is 5.32 Å². The van der Waals surface area contributed by atoms with Crippen LogP contribution in [0.15, 0.2) is 42.5 Å². The van der Waals surface area contributed by atoms with Crippen LogP contribution in [0.2, 0.25) is 10.0 Å². The van der Waals surface area contributed by atoms with Gasteiger partial charge in [-0.2, -0.15) is 0 Å². The third-order valence-corrected chi connectivity index (χ3v) is 5.50. The van der Waals surface area contributed by atoms with E-state index in [1.165, 1.54) is 0 Å². The number of rotatable bonds is 8. The third kappa shape index (κ3) is 6.67. The predicted octanol–water partition coefficient (Wildman–Crippen LogP) is 4.37. The molecule has 30 heavy (non-hydrogen) atoms. The number of aliphatic hydroxyl groups is 1. The molecule has 2 aromatic rings. The van der Waals surface area contributed by atoms with Gasteiger partial charge >= 0.3 is 6.09 Å². The molecule has 1 fully saturated rings. The fraction of sp³-hybridized carbons (Fsp3) is 0.381. The van der Waals surface area contributed by atoms with E-state index in [1.807, 2.05) is 0 Å². The van der Waals surface area contributed by atoms with Crippen molar-refractivity contribution in [3.8, 4) is 11.5 Å². The highest BCUT2D eigenvalue weighted by Crippen LogP contribution is 2.28. The SMILES string of the molecule is O=C(O)Nc1ccccc1OCC(O)CN1CCC(Oc2ccc(Cl)c(Cl)c2)CC1. The van der Waals surface area contributed by atoms with Gasteiger partial charge in [0.2, 0.25) is 0 Å². The van der Waals surface area contributed by atoms with Crippen LogP contribution >= 0.6 is 23.2 Å². The molecule has 0 bridgehead atoms. The van der Waals surface area contributed by atoms with Crippen molar-refractivity contribution < 1.29 is 24.5 Å². The van der Waals surface area contributed by atoms with Crippen molar-refractivity contribution >= 4 is 35.0 Å². The molecule has 1 aliphatic heterocycles. The molecule has 0 spiro atoms. The lowest BCUT2D eigenvalue weighted by molar-refractivity contribution is 0.0403. The van der Waals surface area contributed by atoms with Gasteiger partial charge in [0.15, 0.2) is 0 Å². The van der Waals surface area contributed by atoms with Gasteiger partial charge in [0.25, 0.3) is 0 Å². The van der Waals surface area contributed by atoms with Crippen LogP contribution in [0.5, 0.6) is 11.5 Å². The van der Waals surface area contributed by atoms with Crippen LogP contribution in [0.4, 0.5) is 10.5 Å². The second kappa shape index (κ2) is 10.7. The molecule has 1 amide bonds. The first-order valence-corrected chi connectivity index (χ1v) is 10.4. The van der Waals surface area contributed by atoms with Crippen molar-refractivity contribution in [1.82, 2.24) is 4.90 Å². The molecule has 1 unspecified atom stereocenters. The van der Waals surface area contributed by atoms with E-state index in [4.69, 9.17) is 37.8 Å². The first kappa shape index (κ1) is 22.5. The van der Waals surface area contributed by atoms with Crippen molar-refractivity contribution in [1.29, 1.82) is 0 Å². The lowest BCUT2D eigenvalue weighted by atomic mass is 10.1. The van der Waals surface area contributed by atoms with Crippen LogP contribution < -0.4 is 14.8 Å². The normalized spacial score (nSPS) is 16.1. The maximum Gasteiger partial charge on any atom is 0.409 e. The number of likely N-dealkylation sites (tertiary alicyclic amines) is 1. The minimum absolute atomic E-state index is 0.0675. The van der Waals surface area contributed by atoms with Crippen molar-refractivity contribution in [2.24, 2.45) is 0 Å². The van der Waals surface area contributed by atoms with E-state index in [0.29, 0.717) is 33.8 Å². The minimum Gasteiger partial charge on any atom is -0.490 e. The zero-order valence-electron chi connectivity index (χ0n) is 16.3. The Labute approximate surface area is 185 Å². The van der Waals surface area contributed by atoms with E-state index in [-0.39, 0.29) is 12.7 Å². The summed E-state index contributed by atoms with van der Waals surface area (Å²) in [6, 6.07) is 12.0. The number of anilines is 1. The Kier molecular flexibility index (Phi) is 8.04. The van der Waals surface area contributed by atoms with Crippen LogP contribution in [0.3, 0.4) is 0 Å². The Morgan fingerprint density at radius 2 is 1.90 bits per heavy atom. The zero-order chi connectivity index (χ0) is 21.5. The van der Waals surface area contributed by atoms with E-state index in [0.717, 1.165) is 25.9 Å². The summed E-state index contributed by atoms with van der Waals surface area (Å²) in [4.78, 5) is 13.0. The molecule has 0 aliphatic carbocycles. The molecule has 2 aromatic carbocycles. The van der Waals surface area contributed by atoms with Crippen LogP contribution in [0.25, 0.3) is 0 Å². The number of hydrogen-bond donors (Lipinski definition) is 3. The molecule has 1 heterocycles. The molecule has 7 nitrogen and oxygen atoms in total. The number of halogens is 2. The predicted molar refractivity (Wildman–Crippen MR) is 116 cm³/mol. The molecule has 9 heteroatoms. The Morgan fingerprint density at radius 1 is 1.17 bits per heavy atom. The topological polar surface area (TPSA) is 91.3 Å². The maximum absolute atomic E-state index is 10.8. The standard InChI is InChI=1S/C21H24Cl2N2O5/c22-17-6-5-16(11-18(17)23)30-15-7-9-25(10-8-15)12-14(26)13-29-20-4-2-1-3-19(20)24-21(27)28/h1-6,11,14-15,24,26H,7-10,12-13H2,(H,27,28). The summed E-state index contributed by atoms with van der Waals surface area (Å²) in [5, 5.41) is 22.5. The quantitative estimate of drug-likeness (QED) is 0.548. The van der Waals surface area contributed by atoms with E-state index < -0.39 is 12.2 Å². The average Bonchev–Trinajstić information content (AvgIpc) is 2.71. The lowest BCUT2D eigenvalue weighted by Gasteiger charge is -2.33. The van der Waals surface area contributed by atoms with Gasteiger partial charge in [-0.05, 0) is 37.1 Å². The second-order valence-corrected chi connectivity index (χ2v) is 7.90. The summed E-state index contributed by atoms with van der Waals surface area (Å²) >= 11 is 12.0. The van der Waals surface area contributed by atoms with Crippen LogP contribution in [0, 0.1) is 0 Å². The molecule has 3 rings (SSSR count). The smallest absolute Gasteiger partial charge is 0.409 e. The van der Waals surface area contributed by atoms with Crippen molar-refractivity contribution in [2.45, 2.75) is 25.0 Å². The van der Waals surface area contributed by atoms with E-state index >= 15 is 0 Å². The highest BCUT2D eigenvalue weighted by molar-refractivity contribution is 6.42. The Hall–Kier alpha value is -2.19. The van der Waals surface area contributed by atoms with E-state index in [1.54, 1.807) is 42.5 Å². The number of hydrogen-bond acceptors (Lipinski definition) is 5. The van der Waals surface area contributed by atoms with Gasteiger partial charge in [0, 0.05) is 25.7 Å². The van der Waals surface area contributed by atoms with Crippen LogP contribution in [-0.4, -0.2) is 59.7 Å². The molecule has 0 aromatic heterocycles. The summed E-state index contributed by atoms with van der Waals surface area (Å²) in [5.74, 6) is 1.08. The molecule has 0 saturated carbocycles. The van der Waals surface area contributed by atoms with Gasteiger partial charge in [-0.15, -0.1) is 0 Å². The largest absolute Gasteiger partial charge is 0.490 e. The van der Waals surface area contributed by atoms with Gasteiger partial charge in [-0.1, -0.05) is 35.3 Å². The minimum atomic E-state index is -1.17. The first-order chi connectivity index (χ1) is 14.4. The zero-order valence-corrected chi connectivity index (χ0v) is 17.8. The molecule has 3 N–H and O–H groups in total. The number of nitrogens with one attached hydrogen (secondary N) is 1. The number of carbonyl (C=O) groups is 1. The van der Waals surface area contributed by atoms with E-state index in [2.05, 4.69) is 10.2 Å². The van der Waals surface area contributed by atoms with E-state index in [9.17, 15) is 9.90 Å². The van der Waals surface area contributed by atoms with Crippen LogP contribution in [-0.2, 0) is 0 Å².